The van der Waals surface area contributed by atoms with Crippen LogP contribution < -0.4 is 10.1 Å². The van der Waals surface area contributed by atoms with Gasteiger partial charge in [0.15, 0.2) is 0 Å². The van der Waals surface area contributed by atoms with Gasteiger partial charge in [-0.25, -0.2) is 0 Å². The van der Waals surface area contributed by atoms with E-state index in [1.165, 1.54) is 4.90 Å². The van der Waals surface area contributed by atoms with Crippen LogP contribution >= 0.6 is 11.3 Å². The van der Waals surface area contributed by atoms with Crippen LogP contribution in [0.15, 0.2) is 41.9 Å². The maximum Gasteiger partial charge on any atom is 0.246 e. The molecule has 1 unspecified atom stereocenters. The summed E-state index contributed by atoms with van der Waals surface area (Å²) in [4.78, 5) is 46.5. The van der Waals surface area contributed by atoms with Gasteiger partial charge >= 0.3 is 0 Å². The Kier molecular flexibility index (Phi) is 8.61. The molecule has 0 aliphatic carbocycles. The Morgan fingerprint density at radius 1 is 1.19 bits per heavy atom. The van der Waals surface area contributed by atoms with E-state index in [9.17, 15) is 14.4 Å². The number of H-pyrrole nitrogens is 1. The maximum atomic E-state index is 13.2. The molecule has 0 spiro atoms. The van der Waals surface area contributed by atoms with Gasteiger partial charge in [0.2, 0.25) is 17.7 Å². The molecule has 36 heavy (non-hydrogen) atoms. The van der Waals surface area contributed by atoms with Gasteiger partial charge in [0, 0.05) is 48.7 Å². The largest absolute Gasteiger partial charge is 0.497 e. The zero-order valence-corrected chi connectivity index (χ0v) is 21.4. The molecule has 1 saturated heterocycles. The zero-order chi connectivity index (χ0) is 25.5. The first kappa shape index (κ1) is 25.7. The van der Waals surface area contributed by atoms with Gasteiger partial charge in [-0.2, -0.15) is 0 Å². The van der Waals surface area contributed by atoms with Crippen molar-refractivity contribution in [1.29, 1.82) is 0 Å². The highest BCUT2D eigenvalue weighted by atomic mass is 32.1. The number of aromatic amines is 1. The van der Waals surface area contributed by atoms with Crippen molar-refractivity contribution in [2.75, 3.05) is 47.0 Å². The lowest BCUT2D eigenvalue weighted by Crippen LogP contribution is -2.61. The molecule has 192 valence electrons. The van der Waals surface area contributed by atoms with Crippen molar-refractivity contribution in [1.82, 2.24) is 20.1 Å². The third kappa shape index (κ3) is 6.06. The number of carbonyl (C=O) groups excluding carboxylic acids is 3. The van der Waals surface area contributed by atoms with Crippen LogP contribution in [-0.4, -0.2) is 85.6 Å². The number of aromatic nitrogens is 1. The Balaban J connectivity index is 1.39. The van der Waals surface area contributed by atoms with Crippen molar-refractivity contribution in [3.8, 4) is 5.75 Å². The predicted molar refractivity (Wildman–Crippen MR) is 138 cm³/mol. The zero-order valence-electron chi connectivity index (χ0n) is 20.6. The molecule has 3 aromatic rings. The smallest absolute Gasteiger partial charge is 0.246 e. The van der Waals surface area contributed by atoms with Crippen molar-refractivity contribution >= 4 is 40.0 Å². The lowest BCUT2D eigenvalue weighted by Gasteiger charge is -2.40. The molecule has 0 radical (unpaired) electrons. The van der Waals surface area contributed by atoms with Crippen LogP contribution in [0.25, 0.3) is 10.9 Å². The molecule has 3 heterocycles. The number of thiophene rings is 1. The first-order valence-corrected chi connectivity index (χ1v) is 12.9. The topological polar surface area (TPSA) is 104 Å². The van der Waals surface area contributed by atoms with Crippen molar-refractivity contribution in [2.45, 2.75) is 25.3 Å². The molecule has 1 aliphatic heterocycles. The number of ether oxygens (including phenoxy) is 2. The van der Waals surface area contributed by atoms with Crippen LogP contribution in [0.4, 0.5) is 0 Å². The lowest BCUT2D eigenvalue weighted by atomic mass is 10.1. The van der Waals surface area contributed by atoms with Gasteiger partial charge in [-0.3, -0.25) is 14.4 Å². The Hall–Kier alpha value is -3.37. The van der Waals surface area contributed by atoms with E-state index in [4.69, 9.17) is 9.47 Å². The molecule has 4 rings (SSSR count). The number of nitrogens with zero attached hydrogens (tertiary/aromatic N) is 2. The van der Waals surface area contributed by atoms with Gasteiger partial charge in [-0.1, -0.05) is 6.07 Å². The van der Waals surface area contributed by atoms with Crippen LogP contribution in [0.1, 0.15) is 16.9 Å². The number of piperazine rings is 1. The number of fused-ring (bicyclic) bond motifs is 1. The Bertz CT molecular complexity index is 1190. The van der Waals surface area contributed by atoms with E-state index in [0.29, 0.717) is 39.1 Å². The Morgan fingerprint density at radius 3 is 2.81 bits per heavy atom. The fourth-order valence-electron chi connectivity index (χ4n) is 4.48. The van der Waals surface area contributed by atoms with Crippen molar-refractivity contribution < 1.29 is 23.9 Å². The van der Waals surface area contributed by atoms with Crippen molar-refractivity contribution in [3.63, 3.8) is 0 Å². The van der Waals surface area contributed by atoms with Gasteiger partial charge in [-0.15, -0.1) is 11.3 Å². The SMILES string of the molecule is COCCN1CC(=O)N(CCc2cccs2)C(CC(=O)NCCc2c[nH]c3ccc(OC)cc23)C1=O. The van der Waals surface area contributed by atoms with E-state index < -0.39 is 6.04 Å². The molecule has 1 aromatic carbocycles. The average Bonchev–Trinajstić information content (AvgIpc) is 3.54. The summed E-state index contributed by atoms with van der Waals surface area (Å²) in [6.45, 7) is 1.48. The van der Waals surface area contributed by atoms with E-state index in [-0.39, 0.29) is 30.7 Å². The summed E-state index contributed by atoms with van der Waals surface area (Å²) in [6.07, 6.45) is 3.13. The summed E-state index contributed by atoms with van der Waals surface area (Å²) < 4.78 is 10.4. The molecule has 0 bridgehead atoms. The number of nitrogens with one attached hydrogen (secondary N) is 2. The normalized spacial score (nSPS) is 16.1. The first-order chi connectivity index (χ1) is 17.5. The molecule has 1 atom stereocenters. The highest BCUT2D eigenvalue weighted by molar-refractivity contribution is 7.09. The number of methoxy groups -OCH3 is 2. The van der Waals surface area contributed by atoms with Crippen LogP contribution in [-0.2, 0) is 32.0 Å². The Morgan fingerprint density at radius 2 is 2.06 bits per heavy atom. The van der Waals surface area contributed by atoms with E-state index in [1.54, 1.807) is 30.5 Å². The minimum Gasteiger partial charge on any atom is -0.497 e. The minimum absolute atomic E-state index is 0.00871. The van der Waals surface area contributed by atoms with Gasteiger partial charge in [0.05, 0.1) is 26.7 Å². The van der Waals surface area contributed by atoms with Gasteiger partial charge in [0.1, 0.15) is 11.8 Å². The minimum atomic E-state index is -0.819. The van der Waals surface area contributed by atoms with E-state index in [0.717, 1.165) is 27.1 Å². The van der Waals surface area contributed by atoms with Crippen LogP contribution in [0.3, 0.4) is 0 Å². The van der Waals surface area contributed by atoms with Crippen LogP contribution in [0.2, 0.25) is 0 Å². The fourth-order valence-corrected chi connectivity index (χ4v) is 5.18. The second-order valence-electron chi connectivity index (χ2n) is 8.71. The highest BCUT2D eigenvalue weighted by Gasteiger charge is 2.40. The fraction of sp³-hybridized carbons (Fsp3) is 0.423. The standard InChI is InChI=1S/C26H32N4O5S/c1-34-12-11-29-17-25(32)30(10-8-20-4-3-13-36-20)23(26(29)33)15-24(31)27-9-7-18-16-28-22-6-5-19(35-2)14-21(18)22/h3-6,13-14,16,23,28H,7-12,15,17H2,1-2H3,(H,27,31). The average molecular weight is 513 g/mol. The molecule has 2 N–H and O–H groups in total. The number of hydrogen-bond acceptors (Lipinski definition) is 6. The molecule has 0 saturated carbocycles. The second-order valence-corrected chi connectivity index (χ2v) is 9.75. The van der Waals surface area contributed by atoms with Gasteiger partial charge < -0.3 is 29.6 Å². The monoisotopic (exact) mass is 512 g/mol. The molecule has 10 heteroatoms. The van der Waals surface area contributed by atoms with Crippen LogP contribution in [0, 0.1) is 0 Å². The molecular weight excluding hydrogens is 480 g/mol. The lowest BCUT2D eigenvalue weighted by molar-refractivity contribution is -0.157. The van der Waals surface area contributed by atoms with E-state index in [1.807, 2.05) is 41.9 Å². The Labute approximate surface area is 214 Å². The summed E-state index contributed by atoms with van der Waals surface area (Å²) in [7, 11) is 3.18. The number of rotatable bonds is 12. The molecular formula is C26H32N4O5S. The van der Waals surface area contributed by atoms with Gasteiger partial charge in [0.25, 0.3) is 0 Å². The summed E-state index contributed by atoms with van der Waals surface area (Å²) in [6, 6.07) is 8.98. The number of benzene rings is 1. The number of amides is 3. The summed E-state index contributed by atoms with van der Waals surface area (Å²) in [5.41, 5.74) is 2.07. The molecule has 3 amide bonds. The summed E-state index contributed by atoms with van der Waals surface area (Å²) >= 11 is 1.61. The van der Waals surface area contributed by atoms with Crippen molar-refractivity contribution in [3.05, 3.63) is 52.3 Å². The predicted octanol–water partition coefficient (Wildman–Crippen LogP) is 2.22. The third-order valence-electron chi connectivity index (χ3n) is 6.43. The quantitative estimate of drug-likeness (QED) is 0.387. The summed E-state index contributed by atoms with van der Waals surface area (Å²) in [5, 5.41) is 5.96. The molecule has 1 fully saturated rings. The maximum absolute atomic E-state index is 13.2. The summed E-state index contributed by atoms with van der Waals surface area (Å²) in [5.74, 6) is 0.159. The molecule has 2 aromatic heterocycles. The van der Waals surface area contributed by atoms with E-state index >= 15 is 0 Å². The van der Waals surface area contributed by atoms with Crippen molar-refractivity contribution in [2.24, 2.45) is 0 Å². The molecule has 1 aliphatic rings. The molecule has 9 nitrogen and oxygen atoms in total. The number of carbonyl (C=O) groups is 3. The number of hydrogen-bond donors (Lipinski definition) is 2. The second kappa shape index (κ2) is 12.0. The third-order valence-corrected chi connectivity index (χ3v) is 7.37. The highest BCUT2D eigenvalue weighted by Crippen LogP contribution is 2.24. The van der Waals surface area contributed by atoms with Gasteiger partial charge in [-0.05, 0) is 48.1 Å². The van der Waals surface area contributed by atoms with Crippen LogP contribution in [0.5, 0.6) is 5.75 Å². The first-order valence-electron chi connectivity index (χ1n) is 12.0. The van der Waals surface area contributed by atoms with E-state index in [2.05, 4.69) is 10.3 Å².